The third-order valence-corrected chi connectivity index (χ3v) is 7.48. The number of carbonyl (C=O) groups excluding carboxylic acids is 1. The Balaban J connectivity index is 1.80. The van der Waals surface area contributed by atoms with Crippen molar-refractivity contribution in [3.05, 3.63) is 52.6 Å². The van der Waals surface area contributed by atoms with Crippen LogP contribution < -0.4 is 0 Å². The van der Waals surface area contributed by atoms with E-state index in [-0.39, 0.29) is 29.7 Å². The highest BCUT2D eigenvalue weighted by molar-refractivity contribution is 5.90. The Morgan fingerprint density at radius 2 is 1.67 bits per heavy atom. The molecule has 242 valence electrons. The molecular weight excluding hydrogens is 572 g/mol. The van der Waals surface area contributed by atoms with Gasteiger partial charge in [0.2, 0.25) is 5.79 Å². The van der Waals surface area contributed by atoms with E-state index in [0.717, 1.165) is 5.57 Å². The van der Waals surface area contributed by atoms with Gasteiger partial charge in [0.05, 0.1) is 18.3 Å². The Hall–Kier alpha value is -2.47. The van der Waals surface area contributed by atoms with Crippen LogP contribution in [0.3, 0.4) is 0 Å². The fraction of sp³-hybridized carbons (Fsp3) is 0.621. The van der Waals surface area contributed by atoms with Crippen molar-refractivity contribution >= 4 is 5.97 Å². The van der Waals surface area contributed by atoms with Crippen LogP contribution in [0.2, 0.25) is 0 Å². The highest BCUT2D eigenvalue weighted by Crippen LogP contribution is 2.36. The van der Waals surface area contributed by atoms with Crippen molar-refractivity contribution < 1.29 is 69.7 Å². The van der Waals surface area contributed by atoms with E-state index in [1.165, 1.54) is 12.1 Å². The Morgan fingerprint density at radius 3 is 2.23 bits per heavy atom. The number of ether oxygens (including phenoxy) is 4. The average molecular weight is 615 g/mol. The molecule has 2 aliphatic rings. The average Bonchev–Trinajstić information content (AvgIpc) is 3.21. The first-order chi connectivity index (χ1) is 20.1. The first kappa shape index (κ1) is 35.0. The van der Waals surface area contributed by atoms with Gasteiger partial charge in [-0.1, -0.05) is 23.8 Å². The second kappa shape index (κ2) is 14.5. The topological polar surface area (TPSA) is 236 Å². The normalized spacial score (nSPS) is 33.2. The zero-order valence-corrected chi connectivity index (χ0v) is 24.2. The molecule has 0 spiro atoms. The van der Waals surface area contributed by atoms with Gasteiger partial charge in [0.15, 0.2) is 6.29 Å². The van der Waals surface area contributed by atoms with Crippen LogP contribution in [-0.4, -0.2) is 133 Å². The summed E-state index contributed by atoms with van der Waals surface area (Å²) in [7, 11) is 0. The summed E-state index contributed by atoms with van der Waals surface area (Å²) in [4.78, 5) is 13.1. The van der Waals surface area contributed by atoms with E-state index < -0.39 is 86.7 Å². The molecule has 9 N–H and O–H groups in total. The lowest BCUT2D eigenvalue weighted by Crippen LogP contribution is -2.62. The monoisotopic (exact) mass is 614 g/mol. The quantitative estimate of drug-likeness (QED) is 0.0930. The van der Waals surface area contributed by atoms with E-state index in [4.69, 9.17) is 18.9 Å². The van der Waals surface area contributed by atoms with Crippen molar-refractivity contribution in [3.8, 4) is 5.75 Å². The second-order valence-electron chi connectivity index (χ2n) is 11.2. The van der Waals surface area contributed by atoms with Gasteiger partial charge in [0.1, 0.15) is 61.7 Å². The van der Waals surface area contributed by atoms with Gasteiger partial charge in [0.25, 0.3) is 0 Å². The number of benzene rings is 1. The number of aliphatic hydroxyl groups is 8. The number of hydrogen-bond acceptors (Lipinski definition) is 14. The maximum atomic E-state index is 13.1. The summed E-state index contributed by atoms with van der Waals surface area (Å²) < 4.78 is 21.6. The molecular formula is C29H42O14. The lowest BCUT2D eigenvalue weighted by Gasteiger charge is -2.43. The second-order valence-corrected chi connectivity index (χ2v) is 11.2. The molecule has 14 heteroatoms. The first-order valence-electron chi connectivity index (χ1n) is 13.8. The molecule has 0 radical (unpaired) electrons. The summed E-state index contributed by atoms with van der Waals surface area (Å²) in [5.74, 6) is -3.35. The molecule has 14 nitrogen and oxygen atoms in total. The number of aliphatic hydroxyl groups excluding tert-OH is 8. The first-order valence-corrected chi connectivity index (χ1v) is 13.8. The molecule has 0 amide bonds. The molecule has 2 aliphatic heterocycles. The van der Waals surface area contributed by atoms with Crippen molar-refractivity contribution in [3.63, 3.8) is 0 Å². The summed E-state index contributed by atoms with van der Waals surface area (Å²) in [6.07, 6.45) is -12.7. The number of allylic oxidation sites excluding steroid dienone is 2. The van der Waals surface area contributed by atoms with Crippen LogP contribution in [0, 0.1) is 0 Å². The Bertz CT molecular complexity index is 1170. The van der Waals surface area contributed by atoms with Gasteiger partial charge in [0, 0.05) is 6.42 Å². The molecule has 0 saturated carbocycles. The molecule has 2 heterocycles. The fourth-order valence-corrected chi connectivity index (χ4v) is 4.75. The maximum Gasteiger partial charge on any atom is 0.338 e. The number of phenols is 1. The van der Waals surface area contributed by atoms with Crippen molar-refractivity contribution in [2.45, 2.75) is 94.5 Å². The number of hydrogen-bond donors (Lipinski definition) is 9. The minimum absolute atomic E-state index is 0.0169. The lowest BCUT2D eigenvalue weighted by molar-refractivity contribution is -0.383. The highest BCUT2D eigenvalue weighted by atomic mass is 16.8. The van der Waals surface area contributed by atoms with Crippen LogP contribution in [0.5, 0.6) is 5.75 Å². The van der Waals surface area contributed by atoms with Crippen molar-refractivity contribution in [2.24, 2.45) is 0 Å². The summed E-state index contributed by atoms with van der Waals surface area (Å²) in [6.45, 7) is 6.62. The van der Waals surface area contributed by atoms with Gasteiger partial charge in [-0.2, -0.15) is 0 Å². The maximum absolute atomic E-state index is 13.1. The zero-order chi connectivity index (χ0) is 32.2. The third kappa shape index (κ3) is 7.79. The molecule has 43 heavy (non-hydrogen) atoms. The van der Waals surface area contributed by atoms with Crippen molar-refractivity contribution in [1.82, 2.24) is 0 Å². The van der Waals surface area contributed by atoms with Crippen LogP contribution in [0.25, 0.3) is 0 Å². The standard InChI is InChI=1S/C29H42O14/c1-13(2)5-6-15-7-17(8-16(21(15)33)9-18(32)14(3)4)27(39)40-11-20-22(34)24(36)25(37)28(41-20)43-29(12-31)26(38)23(35)19(10-30)42-29/h5,7-8,18-20,22-26,28,30-38H,3,6,9-12H2,1-2,4H3. The SMILES string of the molecule is C=C(C)C(O)Cc1cc(C(=O)OCC2OC(OC3(CO)OC(CO)C(O)C3O)C(O)C(O)C2O)cc(CC=C(C)C)c1O. The summed E-state index contributed by atoms with van der Waals surface area (Å²) in [6, 6.07) is 2.77. The molecule has 10 unspecified atom stereocenters. The highest BCUT2D eigenvalue weighted by Gasteiger charge is 2.58. The zero-order valence-electron chi connectivity index (χ0n) is 24.2. The van der Waals surface area contributed by atoms with Crippen molar-refractivity contribution in [2.75, 3.05) is 19.8 Å². The Labute approximate surface area is 248 Å². The van der Waals surface area contributed by atoms with Crippen molar-refractivity contribution in [1.29, 1.82) is 0 Å². The molecule has 0 aliphatic carbocycles. The van der Waals surface area contributed by atoms with Gasteiger partial charge in [-0.3, -0.25) is 0 Å². The van der Waals surface area contributed by atoms with Crippen LogP contribution in [-0.2, 0) is 31.8 Å². The van der Waals surface area contributed by atoms with E-state index in [1.54, 1.807) is 6.92 Å². The van der Waals surface area contributed by atoms with E-state index in [2.05, 4.69) is 6.58 Å². The molecule has 3 rings (SSSR count). The van der Waals surface area contributed by atoms with Gasteiger partial charge in [-0.05, 0) is 50.5 Å². The van der Waals surface area contributed by atoms with E-state index in [0.29, 0.717) is 11.1 Å². The Kier molecular flexibility index (Phi) is 11.8. The summed E-state index contributed by atoms with van der Waals surface area (Å²) in [5.41, 5.74) is 2.11. The fourth-order valence-electron chi connectivity index (χ4n) is 4.75. The van der Waals surface area contributed by atoms with Gasteiger partial charge < -0.3 is 64.9 Å². The molecule has 1 aromatic carbocycles. The molecule has 0 bridgehead atoms. The lowest BCUT2D eigenvalue weighted by atomic mass is 9.95. The molecule has 2 fully saturated rings. The van der Waals surface area contributed by atoms with Crippen LogP contribution in [0.4, 0.5) is 0 Å². The molecule has 1 aromatic rings. The van der Waals surface area contributed by atoms with E-state index in [1.807, 2.05) is 19.9 Å². The number of carbonyl (C=O) groups is 1. The smallest absolute Gasteiger partial charge is 0.338 e. The van der Waals surface area contributed by atoms with Gasteiger partial charge in [-0.15, -0.1) is 0 Å². The predicted molar refractivity (Wildman–Crippen MR) is 148 cm³/mol. The third-order valence-electron chi connectivity index (χ3n) is 7.48. The van der Waals surface area contributed by atoms with E-state index in [9.17, 15) is 50.8 Å². The van der Waals surface area contributed by atoms with Crippen LogP contribution >= 0.6 is 0 Å². The van der Waals surface area contributed by atoms with Gasteiger partial charge >= 0.3 is 5.97 Å². The summed E-state index contributed by atoms with van der Waals surface area (Å²) in [5, 5.41) is 92.3. The number of esters is 1. The van der Waals surface area contributed by atoms with Crippen LogP contribution in [0.1, 0.15) is 42.3 Å². The summed E-state index contributed by atoms with van der Waals surface area (Å²) >= 11 is 0. The largest absolute Gasteiger partial charge is 0.507 e. The molecule has 0 aromatic heterocycles. The van der Waals surface area contributed by atoms with E-state index >= 15 is 0 Å². The Morgan fingerprint density at radius 1 is 1.02 bits per heavy atom. The molecule has 2 saturated heterocycles. The van der Waals surface area contributed by atoms with Gasteiger partial charge in [-0.25, -0.2) is 4.79 Å². The number of aromatic hydroxyl groups is 1. The van der Waals surface area contributed by atoms with Crippen LogP contribution in [0.15, 0.2) is 35.9 Å². The predicted octanol–water partition coefficient (Wildman–Crippen LogP) is -1.84. The molecule has 10 atom stereocenters. The number of phenolic OH excluding ortho intramolecular Hbond substituents is 1. The number of rotatable bonds is 12. The minimum Gasteiger partial charge on any atom is -0.507 e. The minimum atomic E-state index is -2.36.